The van der Waals surface area contributed by atoms with E-state index in [2.05, 4.69) is 51.7 Å². The molecule has 0 atom stereocenters. The molecule has 4 rings (SSSR count). The Bertz CT molecular complexity index is 810. The lowest BCUT2D eigenvalue weighted by molar-refractivity contribution is 0.210. The Morgan fingerprint density at radius 2 is 1.63 bits per heavy atom. The van der Waals surface area contributed by atoms with E-state index >= 15 is 0 Å². The van der Waals surface area contributed by atoms with Crippen molar-refractivity contribution in [3.63, 3.8) is 0 Å². The highest BCUT2D eigenvalue weighted by molar-refractivity contribution is 7.80. The zero-order chi connectivity index (χ0) is 20.8. The lowest BCUT2D eigenvalue weighted by Crippen LogP contribution is -2.44. The van der Waals surface area contributed by atoms with Crippen LogP contribution in [0.5, 0.6) is 5.75 Å². The highest BCUT2D eigenvalue weighted by atomic mass is 32.1. The van der Waals surface area contributed by atoms with Crippen LogP contribution in [0.25, 0.3) is 0 Å². The van der Waals surface area contributed by atoms with Crippen LogP contribution >= 0.6 is 12.2 Å². The van der Waals surface area contributed by atoms with Gasteiger partial charge >= 0.3 is 0 Å². The molecule has 5 nitrogen and oxygen atoms in total. The Morgan fingerprint density at radius 1 is 0.967 bits per heavy atom. The molecule has 1 saturated heterocycles. The fourth-order valence-corrected chi connectivity index (χ4v) is 4.25. The monoisotopic (exact) mass is 424 g/mol. The topological polar surface area (TPSA) is 39.8 Å². The van der Waals surface area contributed by atoms with E-state index in [9.17, 15) is 0 Å². The molecule has 0 bridgehead atoms. The molecule has 2 aliphatic rings. The van der Waals surface area contributed by atoms with Crippen LogP contribution < -0.4 is 20.3 Å². The van der Waals surface area contributed by atoms with E-state index in [1.54, 1.807) is 0 Å². The van der Waals surface area contributed by atoms with Crippen molar-refractivity contribution in [2.24, 2.45) is 0 Å². The number of ether oxygens (including phenoxy) is 1. The average Bonchev–Trinajstić information content (AvgIpc) is 3.28. The minimum atomic E-state index is 0.384. The van der Waals surface area contributed by atoms with Gasteiger partial charge in [-0.25, -0.2) is 0 Å². The van der Waals surface area contributed by atoms with Crippen LogP contribution in [0.2, 0.25) is 0 Å². The van der Waals surface area contributed by atoms with Crippen molar-refractivity contribution < 1.29 is 4.74 Å². The van der Waals surface area contributed by atoms with E-state index in [0.29, 0.717) is 17.8 Å². The maximum absolute atomic E-state index is 6.02. The third-order valence-corrected chi connectivity index (χ3v) is 6.22. The smallest absolute Gasteiger partial charge is 0.171 e. The minimum absolute atomic E-state index is 0.384. The maximum atomic E-state index is 6.02. The first-order valence-electron chi connectivity index (χ1n) is 11.0. The third-order valence-electron chi connectivity index (χ3n) is 5.97. The van der Waals surface area contributed by atoms with Crippen LogP contribution in [-0.4, -0.2) is 49.3 Å². The minimum Gasteiger partial charge on any atom is -0.490 e. The van der Waals surface area contributed by atoms with Gasteiger partial charge in [0.25, 0.3) is 0 Å². The number of hydrogen-bond donors (Lipinski definition) is 2. The second-order valence-corrected chi connectivity index (χ2v) is 8.72. The van der Waals surface area contributed by atoms with Crippen molar-refractivity contribution in [1.29, 1.82) is 0 Å². The van der Waals surface area contributed by atoms with E-state index in [4.69, 9.17) is 17.0 Å². The fourth-order valence-electron chi connectivity index (χ4n) is 4.06. The van der Waals surface area contributed by atoms with Crippen LogP contribution in [0, 0.1) is 0 Å². The molecule has 0 aromatic heterocycles. The van der Waals surface area contributed by atoms with Gasteiger partial charge in [0, 0.05) is 44.1 Å². The van der Waals surface area contributed by atoms with Crippen molar-refractivity contribution in [2.75, 3.05) is 43.4 Å². The van der Waals surface area contributed by atoms with Crippen LogP contribution in [0.15, 0.2) is 48.5 Å². The molecule has 1 aliphatic heterocycles. The van der Waals surface area contributed by atoms with E-state index < -0.39 is 0 Å². The first-order valence-corrected chi connectivity index (χ1v) is 11.4. The number of thiocarbonyl (C=S) groups is 1. The van der Waals surface area contributed by atoms with E-state index in [0.717, 1.165) is 37.6 Å². The molecule has 160 valence electrons. The molecule has 0 spiro atoms. The van der Waals surface area contributed by atoms with Gasteiger partial charge in [0.2, 0.25) is 0 Å². The highest BCUT2D eigenvalue weighted by Crippen LogP contribution is 2.25. The molecule has 0 unspecified atom stereocenters. The van der Waals surface area contributed by atoms with Crippen molar-refractivity contribution >= 4 is 28.7 Å². The predicted octanol–water partition coefficient (Wildman–Crippen LogP) is 4.25. The second kappa shape index (κ2) is 10.1. The summed E-state index contributed by atoms with van der Waals surface area (Å²) in [5.74, 6) is 0.937. The lowest BCUT2D eigenvalue weighted by Gasteiger charge is -2.34. The summed E-state index contributed by atoms with van der Waals surface area (Å²) >= 11 is 5.46. The molecule has 2 N–H and O–H groups in total. The summed E-state index contributed by atoms with van der Waals surface area (Å²) < 4.78 is 6.02. The fraction of sp³-hybridized carbons (Fsp3) is 0.458. The zero-order valence-electron chi connectivity index (χ0n) is 17.8. The third kappa shape index (κ3) is 5.86. The summed E-state index contributed by atoms with van der Waals surface area (Å²) in [5, 5.41) is 7.17. The van der Waals surface area contributed by atoms with Crippen molar-refractivity contribution in [1.82, 2.24) is 10.2 Å². The Kier molecular flexibility index (Phi) is 7.07. The summed E-state index contributed by atoms with van der Waals surface area (Å²) in [6, 6.07) is 16.8. The SMILES string of the molecule is CN1CCN(c2ccc(CNC(=S)Nc3ccc(OC4CCCC4)cc3)cc2)CC1. The number of rotatable bonds is 6. The summed E-state index contributed by atoms with van der Waals surface area (Å²) in [6.45, 7) is 5.13. The van der Waals surface area contributed by atoms with Gasteiger partial charge in [-0.3, -0.25) is 0 Å². The average molecular weight is 425 g/mol. The molecule has 1 heterocycles. The van der Waals surface area contributed by atoms with Gasteiger partial charge in [-0.2, -0.15) is 0 Å². The summed E-state index contributed by atoms with van der Waals surface area (Å²) in [4.78, 5) is 4.82. The number of benzene rings is 2. The first-order chi connectivity index (χ1) is 14.7. The summed E-state index contributed by atoms with van der Waals surface area (Å²) in [7, 11) is 2.18. The molecular formula is C24H32N4OS. The Balaban J connectivity index is 1.21. The van der Waals surface area contributed by atoms with Crippen molar-refractivity contribution in [2.45, 2.75) is 38.3 Å². The Hall–Kier alpha value is -2.31. The van der Waals surface area contributed by atoms with E-state index in [-0.39, 0.29) is 0 Å². The molecule has 1 saturated carbocycles. The molecular weight excluding hydrogens is 392 g/mol. The van der Waals surface area contributed by atoms with Gasteiger partial charge in [0.1, 0.15) is 5.75 Å². The van der Waals surface area contributed by atoms with E-state index in [1.165, 1.54) is 36.9 Å². The predicted molar refractivity (Wildman–Crippen MR) is 129 cm³/mol. The molecule has 0 radical (unpaired) electrons. The summed E-state index contributed by atoms with van der Waals surface area (Å²) in [6.07, 6.45) is 5.29. The normalized spacial score (nSPS) is 17.7. The number of piperazine rings is 1. The first kappa shape index (κ1) is 20.9. The maximum Gasteiger partial charge on any atom is 0.171 e. The highest BCUT2D eigenvalue weighted by Gasteiger charge is 2.16. The van der Waals surface area contributed by atoms with Crippen LogP contribution in [0.3, 0.4) is 0 Å². The quantitative estimate of drug-likeness (QED) is 0.676. The molecule has 2 aromatic carbocycles. The molecule has 1 aliphatic carbocycles. The number of hydrogen-bond acceptors (Lipinski definition) is 4. The lowest BCUT2D eigenvalue weighted by atomic mass is 10.2. The van der Waals surface area contributed by atoms with Crippen LogP contribution in [0.1, 0.15) is 31.2 Å². The number of nitrogens with zero attached hydrogens (tertiary/aromatic N) is 2. The van der Waals surface area contributed by atoms with Crippen LogP contribution in [-0.2, 0) is 6.54 Å². The molecule has 30 heavy (non-hydrogen) atoms. The van der Waals surface area contributed by atoms with Gasteiger partial charge in [0.15, 0.2) is 5.11 Å². The Morgan fingerprint density at radius 3 is 2.30 bits per heavy atom. The standard InChI is InChI=1S/C24H32N4OS/c1-27-14-16-28(17-15-27)21-10-6-19(7-11-21)18-25-24(30)26-20-8-12-23(13-9-20)29-22-4-2-3-5-22/h6-13,22H,2-5,14-18H2,1H3,(H2,25,26,30). The Labute approximate surface area is 185 Å². The van der Waals surface area contributed by atoms with Gasteiger partial charge < -0.3 is 25.2 Å². The van der Waals surface area contributed by atoms with Crippen molar-refractivity contribution in [3.8, 4) is 5.75 Å². The van der Waals surface area contributed by atoms with Gasteiger partial charge in [-0.1, -0.05) is 12.1 Å². The summed E-state index contributed by atoms with van der Waals surface area (Å²) in [5.41, 5.74) is 3.49. The molecule has 2 aromatic rings. The van der Waals surface area contributed by atoms with Crippen molar-refractivity contribution in [3.05, 3.63) is 54.1 Å². The van der Waals surface area contributed by atoms with Crippen LogP contribution in [0.4, 0.5) is 11.4 Å². The van der Waals surface area contributed by atoms with E-state index in [1.807, 2.05) is 24.3 Å². The zero-order valence-corrected chi connectivity index (χ0v) is 18.6. The second-order valence-electron chi connectivity index (χ2n) is 8.31. The number of likely N-dealkylation sites (N-methyl/N-ethyl adjacent to an activating group) is 1. The molecule has 6 heteroatoms. The number of nitrogens with one attached hydrogen (secondary N) is 2. The molecule has 0 amide bonds. The number of anilines is 2. The van der Waals surface area contributed by atoms with Gasteiger partial charge in [-0.15, -0.1) is 0 Å². The molecule has 2 fully saturated rings. The largest absolute Gasteiger partial charge is 0.490 e. The van der Waals surface area contributed by atoms with Gasteiger partial charge in [0.05, 0.1) is 6.10 Å². The van der Waals surface area contributed by atoms with Gasteiger partial charge in [-0.05, 0) is 86.9 Å².